The predicted octanol–water partition coefficient (Wildman–Crippen LogP) is 1.89. The zero-order valence-electron chi connectivity index (χ0n) is 14.7. The fourth-order valence-corrected chi connectivity index (χ4v) is 4.08. The lowest BCUT2D eigenvalue weighted by Crippen LogP contribution is -2.57. The summed E-state index contributed by atoms with van der Waals surface area (Å²) in [5.41, 5.74) is 0.508. The Bertz CT molecular complexity index is 606. The highest BCUT2D eigenvalue weighted by molar-refractivity contribution is 5.94. The van der Waals surface area contributed by atoms with E-state index in [4.69, 9.17) is 0 Å². The van der Waals surface area contributed by atoms with Gasteiger partial charge in [0.15, 0.2) is 0 Å². The number of nitrogens with zero attached hydrogens (tertiary/aromatic N) is 2. The molecule has 0 spiro atoms. The van der Waals surface area contributed by atoms with Crippen LogP contribution in [0.4, 0.5) is 4.39 Å². The van der Waals surface area contributed by atoms with Crippen molar-refractivity contribution in [3.05, 3.63) is 35.6 Å². The van der Waals surface area contributed by atoms with Gasteiger partial charge in [-0.05, 0) is 43.0 Å². The summed E-state index contributed by atoms with van der Waals surface area (Å²) < 4.78 is 13.0. The van der Waals surface area contributed by atoms with E-state index >= 15 is 0 Å². The van der Waals surface area contributed by atoms with Crippen LogP contribution in [-0.2, 0) is 4.79 Å². The molecule has 2 fully saturated rings. The summed E-state index contributed by atoms with van der Waals surface area (Å²) in [5.74, 6) is 0.0906. The van der Waals surface area contributed by atoms with Gasteiger partial charge in [0.1, 0.15) is 5.82 Å². The average molecular weight is 347 g/mol. The summed E-state index contributed by atoms with van der Waals surface area (Å²) in [7, 11) is 1.69. The van der Waals surface area contributed by atoms with Crippen molar-refractivity contribution >= 4 is 11.8 Å². The van der Waals surface area contributed by atoms with E-state index in [0.717, 1.165) is 12.8 Å². The minimum atomic E-state index is -0.341. The van der Waals surface area contributed by atoms with Crippen LogP contribution in [0.25, 0.3) is 0 Å². The van der Waals surface area contributed by atoms with Crippen molar-refractivity contribution in [1.29, 1.82) is 0 Å². The first-order valence-corrected chi connectivity index (χ1v) is 9.10. The summed E-state index contributed by atoms with van der Waals surface area (Å²) in [6.45, 7) is 2.58. The number of carbonyl (C=O) groups excluding carboxylic acids is 2. The second-order valence-electron chi connectivity index (χ2n) is 6.94. The first kappa shape index (κ1) is 17.9. The molecule has 0 unspecified atom stereocenters. The minimum Gasteiger partial charge on any atom is -0.358 e. The van der Waals surface area contributed by atoms with Crippen molar-refractivity contribution in [1.82, 2.24) is 15.1 Å². The molecule has 1 aliphatic carbocycles. The summed E-state index contributed by atoms with van der Waals surface area (Å²) in [4.78, 5) is 29.0. The summed E-state index contributed by atoms with van der Waals surface area (Å²) in [6.07, 6.45) is 4.60. The molecule has 1 atom stereocenters. The van der Waals surface area contributed by atoms with Gasteiger partial charge in [-0.25, -0.2) is 4.39 Å². The number of likely N-dealkylation sites (N-methyl/N-ethyl adjacent to an activating group) is 1. The number of hydrogen-bond donors (Lipinski definition) is 1. The van der Waals surface area contributed by atoms with E-state index in [1.54, 1.807) is 11.9 Å². The second-order valence-corrected chi connectivity index (χ2v) is 6.94. The molecule has 136 valence electrons. The summed E-state index contributed by atoms with van der Waals surface area (Å²) >= 11 is 0. The van der Waals surface area contributed by atoms with Gasteiger partial charge in [-0.2, -0.15) is 0 Å². The summed E-state index contributed by atoms with van der Waals surface area (Å²) in [5, 5.41) is 2.81. The Labute approximate surface area is 148 Å². The summed E-state index contributed by atoms with van der Waals surface area (Å²) in [6, 6.07) is 5.58. The molecule has 1 N–H and O–H groups in total. The SMILES string of the molecule is CNC(=O)[C@@H](C1CCCC1)N1CCN(C(=O)c2ccc(F)cc2)CC1. The Balaban J connectivity index is 1.62. The van der Waals surface area contributed by atoms with Crippen LogP contribution in [0.1, 0.15) is 36.0 Å². The first-order valence-electron chi connectivity index (χ1n) is 9.10. The van der Waals surface area contributed by atoms with Gasteiger partial charge >= 0.3 is 0 Å². The van der Waals surface area contributed by atoms with Crippen LogP contribution in [0.2, 0.25) is 0 Å². The van der Waals surface area contributed by atoms with Crippen molar-refractivity contribution < 1.29 is 14.0 Å². The predicted molar refractivity (Wildman–Crippen MR) is 93.7 cm³/mol. The molecule has 0 bridgehead atoms. The van der Waals surface area contributed by atoms with Crippen LogP contribution >= 0.6 is 0 Å². The van der Waals surface area contributed by atoms with Crippen molar-refractivity contribution in [2.75, 3.05) is 33.2 Å². The van der Waals surface area contributed by atoms with Crippen molar-refractivity contribution in [2.24, 2.45) is 5.92 Å². The number of carbonyl (C=O) groups is 2. The molecule has 1 aromatic carbocycles. The van der Waals surface area contributed by atoms with Crippen LogP contribution in [0.3, 0.4) is 0 Å². The van der Waals surface area contributed by atoms with Gasteiger partial charge < -0.3 is 10.2 Å². The van der Waals surface area contributed by atoms with Crippen molar-refractivity contribution in [2.45, 2.75) is 31.7 Å². The molecule has 1 saturated carbocycles. The highest BCUT2D eigenvalue weighted by atomic mass is 19.1. The third kappa shape index (κ3) is 4.00. The van der Waals surface area contributed by atoms with Gasteiger partial charge in [-0.1, -0.05) is 12.8 Å². The highest BCUT2D eigenvalue weighted by Crippen LogP contribution is 2.31. The quantitative estimate of drug-likeness (QED) is 0.905. The zero-order chi connectivity index (χ0) is 17.8. The number of hydrogen-bond acceptors (Lipinski definition) is 3. The number of amides is 2. The molecule has 2 aliphatic rings. The fraction of sp³-hybridized carbons (Fsp3) is 0.579. The smallest absolute Gasteiger partial charge is 0.253 e. The lowest BCUT2D eigenvalue weighted by molar-refractivity contribution is -0.128. The first-order chi connectivity index (χ1) is 12.1. The molecule has 0 radical (unpaired) electrons. The lowest BCUT2D eigenvalue weighted by atomic mass is 9.95. The number of nitrogens with one attached hydrogen (secondary N) is 1. The van der Waals surface area contributed by atoms with E-state index in [-0.39, 0.29) is 23.7 Å². The van der Waals surface area contributed by atoms with Gasteiger partial charge in [0.05, 0.1) is 6.04 Å². The van der Waals surface area contributed by atoms with E-state index in [9.17, 15) is 14.0 Å². The molecule has 6 heteroatoms. The van der Waals surface area contributed by atoms with E-state index < -0.39 is 0 Å². The molecular weight excluding hydrogens is 321 g/mol. The van der Waals surface area contributed by atoms with Crippen LogP contribution in [0.5, 0.6) is 0 Å². The largest absolute Gasteiger partial charge is 0.358 e. The number of piperazine rings is 1. The highest BCUT2D eigenvalue weighted by Gasteiger charge is 2.36. The van der Waals surface area contributed by atoms with Crippen molar-refractivity contribution in [3.63, 3.8) is 0 Å². The van der Waals surface area contributed by atoms with Gasteiger partial charge in [0.2, 0.25) is 5.91 Å². The molecule has 3 rings (SSSR count). The maximum Gasteiger partial charge on any atom is 0.253 e. The molecule has 1 saturated heterocycles. The molecule has 25 heavy (non-hydrogen) atoms. The van der Waals surface area contributed by atoms with Gasteiger partial charge in [-0.15, -0.1) is 0 Å². The van der Waals surface area contributed by atoms with E-state index in [2.05, 4.69) is 10.2 Å². The Hall–Kier alpha value is -1.95. The second kappa shape index (κ2) is 7.95. The third-order valence-electron chi connectivity index (χ3n) is 5.45. The normalized spacial score (nSPS) is 20.5. The number of halogens is 1. The van der Waals surface area contributed by atoms with Gasteiger partial charge in [-0.3, -0.25) is 14.5 Å². The Morgan fingerprint density at radius 2 is 1.68 bits per heavy atom. The number of benzene rings is 1. The zero-order valence-corrected chi connectivity index (χ0v) is 14.7. The van der Waals surface area contributed by atoms with Crippen LogP contribution < -0.4 is 5.32 Å². The molecule has 1 heterocycles. The standard InChI is InChI=1S/C19H26FN3O2/c1-21-18(24)17(14-4-2-3-5-14)22-10-12-23(13-11-22)19(25)15-6-8-16(20)9-7-15/h6-9,14,17H,2-5,10-13H2,1H3,(H,21,24)/t17-/m1/s1. The molecule has 1 aromatic rings. The molecular formula is C19H26FN3O2. The Morgan fingerprint density at radius 3 is 2.24 bits per heavy atom. The van der Waals surface area contributed by atoms with Crippen LogP contribution in [0.15, 0.2) is 24.3 Å². The van der Waals surface area contributed by atoms with E-state index in [0.29, 0.717) is 37.7 Å². The number of rotatable bonds is 4. The fourth-order valence-electron chi connectivity index (χ4n) is 4.08. The maximum absolute atomic E-state index is 13.0. The van der Waals surface area contributed by atoms with Gasteiger partial charge in [0, 0.05) is 38.8 Å². The molecule has 1 aliphatic heterocycles. The topological polar surface area (TPSA) is 52.7 Å². The molecule has 0 aromatic heterocycles. The average Bonchev–Trinajstić information content (AvgIpc) is 3.16. The maximum atomic E-state index is 13.0. The van der Waals surface area contributed by atoms with Crippen molar-refractivity contribution in [3.8, 4) is 0 Å². The van der Waals surface area contributed by atoms with Crippen LogP contribution in [0, 0.1) is 11.7 Å². The molecule has 5 nitrogen and oxygen atoms in total. The minimum absolute atomic E-state index is 0.0722. The van der Waals surface area contributed by atoms with E-state index in [1.165, 1.54) is 37.1 Å². The lowest BCUT2D eigenvalue weighted by Gasteiger charge is -2.40. The third-order valence-corrected chi connectivity index (χ3v) is 5.45. The molecule has 2 amide bonds. The van der Waals surface area contributed by atoms with Gasteiger partial charge in [0.25, 0.3) is 5.91 Å². The Kier molecular flexibility index (Phi) is 5.68. The van der Waals surface area contributed by atoms with Crippen LogP contribution in [-0.4, -0.2) is 60.9 Å². The Morgan fingerprint density at radius 1 is 1.08 bits per heavy atom. The van der Waals surface area contributed by atoms with E-state index in [1.807, 2.05) is 0 Å². The monoisotopic (exact) mass is 347 g/mol.